The Morgan fingerprint density at radius 3 is 2.62 bits per heavy atom. The van der Waals surface area contributed by atoms with Gasteiger partial charge in [0.2, 0.25) is 0 Å². The van der Waals surface area contributed by atoms with Gasteiger partial charge in [0.15, 0.2) is 11.7 Å². The lowest BCUT2D eigenvalue weighted by Gasteiger charge is -2.32. The molecule has 1 aliphatic heterocycles. The zero-order chi connectivity index (χ0) is 18.2. The maximum Gasteiger partial charge on any atom is 0.251 e. The van der Waals surface area contributed by atoms with Gasteiger partial charge in [-0.3, -0.25) is 4.90 Å². The van der Waals surface area contributed by atoms with Crippen LogP contribution in [-0.2, 0) is 6.54 Å². The third-order valence-electron chi connectivity index (χ3n) is 4.23. The van der Waals surface area contributed by atoms with E-state index in [1.165, 1.54) is 0 Å². The molecule has 1 fully saturated rings. The second-order valence-corrected chi connectivity index (χ2v) is 6.68. The Hall–Kier alpha value is -0.970. The zero-order valence-corrected chi connectivity index (χ0v) is 18.0. The Morgan fingerprint density at radius 2 is 2.08 bits per heavy atom. The molecule has 9 heteroatoms. The topological polar surface area (TPSA) is 65.7 Å². The SMILES string of the molecule is CCNC(=NCc1cc(C(C)C)no1)NC1CCN(CC(F)F)CC1.I. The first-order chi connectivity index (χ1) is 12.0. The summed E-state index contributed by atoms with van der Waals surface area (Å²) >= 11 is 0. The molecule has 0 radical (unpaired) electrons. The highest BCUT2D eigenvalue weighted by Gasteiger charge is 2.22. The summed E-state index contributed by atoms with van der Waals surface area (Å²) in [4.78, 5) is 6.36. The average molecular weight is 485 g/mol. The standard InChI is InChI=1S/C17H29F2N5O.HI/c1-4-20-17(21-10-14-9-15(12(2)3)23-25-14)22-13-5-7-24(8-6-13)11-16(18)19;/h9,12-13,16H,4-8,10-11H2,1-3H3,(H2,20,21,22);1H. The molecule has 0 atom stereocenters. The number of aliphatic imine (C=N–C) groups is 1. The average Bonchev–Trinajstić information content (AvgIpc) is 3.03. The van der Waals surface area contributed by atoms with E-state index in [9.17, 15) is 8.78 Å². The number of guanidine groups is 1. The predicted octanol–water partition coefficient (Wildman–Crippen LogP) is 3.20. The van der Waals surface area contributed by atoms with Crippen molar-refractivity contribution >= 4 is 29.9 Å². The molecule has 0 bridgehead atoms. The number of hydrogen-bond acceptors (Lipinski definition) is 4. The van der Waals surface area contributed by atoms with Gasteiger partial charge < -0.3 is 15.2 Å². The summed E-state index contributed by atoms with van der Waals surface area (Å²) in [5, 5.41) is 10.6. The molecule has 26 heavy (non-hydrogen) atoms. The van der Waals surface area contributed by atoms with Crippen molar-refractivity contribution in [1.29, 1.82) is 0 Å². The molecule has 0 saturated carbocycles. The number of halogens is 3. The van der Waals surface area contributed by atoms with Gasteiger partial charge in [-0.25, -0.2) is 13.8 Å². The Kier molecular flexibility index (Phi) is 10.4. The van der Waals surface area contributed by atoms with Crippen LogP contribution in [0.25, 0.3) is 0 Å². The molecule has 1 aromatic rings. The maximum absolute atomic E-state index is 12.4. The lowest BCUT2D eigenvalue weighted by atomic mass is 10.1. The van der Waals surface area contributed by atoms with Gasteiger partial charge >= 0.3 is 0 Å². The van der Waals surface area contributed by atoms with Crippen LogP contribution in [0.3, 0.4) is 0 Å². The van der Waals surface area contributed by atoms with Gasteiger partial charge in [0.05, 0.1) is 12.2 Å². The monoisotopic (exact) mass is 485 g/mol. The summed E-state index contributed by atoms with van der Waals surface area (Å²) in [6, 6.07) is 2.17. The summed E-state index contributed by atoms with van der Waals surface area (Å²) in [5.41, 5.74) is 0.926. The van der Waals surface area contributed by atoms with E-state index in [0.29, 0.717) is 25.6 Å². The van der Waals surface area contributed by atoms with Gasteiger partial charge in [-0.2, -0.15) is 0 Å². The smallest absolute Gasteiger partial charge is 0.251 e. The highest BCUT2D eigenvalue weighted by Crippen LogP contribution is 2.15. The molecule has 6 nitrogen and oxygen atoms in total. The van der Waals surface area contributed by atoms with Crippen LogP contribution in [0.15, 0.2) is 15.6 Å². The van der Waals surface area contributed by atoms with Gasteiger partial charge in [0.1, 0.15) is 6.54 Å². The van der Waals surface area contributed by atoms with Gasteiger partial charge in [0.25, 0.3) is 6.43 Å². The number of hydrogen-bond donors (Lipinski definition) is 2. The van der Waals surface area contributed by atoms with E-state index >= 15 is 0 Å². The van der Waals surface area contributed by atoms with Crippen molar-refractivity contribution in [2.24, 2.45) is 4.99 Å². The largest absolute Gasteiger partial charge is 0.359 e. The molecular weight excluding hydrogens is 455 g/mol. The first kappa shape index (κ1) is 23.1. The minimum Gasteiger partial charge on any atom is -0.359 e. The van der Waals surface area contributed by atoms with Crippen molar-refractivity contribution in [3.8, 4) is 0 Å². The molecule has 0 aliphatic carbocycles. The van der Waals surface area contributed by atoms with Crippen LogP contribution in [-0.4, -0.2) is 54.7 Å². The van der Waals surface area contributed by atoms with E-state index < -0.39 is 6.43 Å². The van der Waals surface area contributed by atoms with Crippen molar-refractivity contribution in [2.75, 3.05) is 26.2 Å². The molecule has 1 aromatic heterocycles. The number of nitrogens with zero attached hydrogens (tertiary/aromatic N) is 3. The number of nitrogens with one attached hydrogen (secondary N) is 2. The van der Waals surface area contributed by atoms with Crippen LogP contribution in [0.1, 0.15) is 51.0 Å². The first-order valence-electron chi connectivity index (χ1n) is 8.98. The van der Waals surface area contributed by atoms with Crippen LogP contribution in [0.4, 0.5) is 8.78 Å². The van der Waals surface area contributed by atoms with E-state index in [4.69, 9.17) is 4.52 Å². The molecule has 1 aliphatic rings. The molecule has 0 aromatic carbocycles. The summed E-state index contributed by atoms with van der Waals surface area (Å²) < 4.78 is 30.2. The minimum atomic E-state index is -2.26. The third-order valence-corrected chi connectivity index (χ3v) is 4.23. The van der Waals surface area contributed by atoms with Gasteiger partial charge in [-0.15, -0.1) is 24.0 Å². The summed E-state index contributed by atoms with van der Waals surface area (Å²) in [5.74, 6) is 1.77. The Bertz CT molecular complexity index is 545. The summed E-state index contributed by atoms with van der Waals surface area (Å²) in [6.07, 6.45) is -0.602. The van der Waals surface area contributed by atoms with Gasteiger partial charge in [-0.1, -0.05) is 19.0 Å². The van der Waals surface area contributed by atoms with Crippen LogP contribution < -0.4 is 10.6 Å². The van der Waals surface area contributed by atoms with Gasteiger partial charge in [-0.05, 0) is 25.7 Å². The molecular formula is C17H30F2IN5O. The Labute approximate surface area is 171 Å². The van der Waals surface area contributed by atoms with Crippen molar-refractivity contribution in [3.63, 3.8) is 0 Å². The highest BCUT2D eigenvalue weighted by atomic mass is 127. The van der Waals surface area contributed by atoms with Crippen LogP contribution >= 0.6 is 24.0 Å². The summed E-state index contributed by atoms with van der Waals surface area (Å²) in [6.45, 7) is 8.54. The number of piperidine rings is 1. The Morgan fingerprint density at radius 1 is 1.38 bits per heavy atom. The fraction of sp³-hybridized carbons (Fsp3) is 0.765. The lowest BCUT2D eigenvalue weighted by Crippen LogP contribution is -2.49. The number of alkyl halides is 2. The molecule has 0 amide bonds. The second kappa shape index (κ2) is 11.7. The minimum absolute atomic E-state index is 0. The van der Waals surface area contributed by atoms with Crippen LogP contribution in [0, 0.1) is 0 Å². The third kappa shape index (κ3) is 7.73. The second-order valence-electron chi connectivity index (χ2n) is 6.68. The number of aromatic nitrogens is 1. The van der Waals surface area contributed by atoms with E-state index in [0.717, 1.165) is 36.8 Å². The normalized spacial score (nSPS) is 16.8. The van der Waals surface area contributed by atoms with Crippen molar-refractivity contribution < 1.29 is 13.3 Å². The quantitative estimate of drug-likeness (QED) is 0.353. The first-order valence-corrected chi connectivity index (χ1v) is 8.98. The molecule has 150 valence electrons. The molecule has 0 spiro atoms. The zero-order valence-electron chi connectivity index (χ0n) is 15.7. The van der Waals surface area contributed by atoms with Gasteiger partial charge in [0, 0.05) is 31.7 Å². The number of likely N-dealkylation sites (tertiary alicyclic amines) is 1. The number of rotatable bonds is 7. The summed E-state index contributed by atoms with van der Waals surface area (Å²) in [7, 11) is 0. The van der Waals surface area contributed by atoms with Crippen molar-refractivity contribution in [3.05, 3.63) is 17.5 Å². The highest BCUT2D eigenvalue weighted by molar-refractivity contribution is 14.0. The van der Waals surface area contributed by atoms with Crippen LogP contribution in [0.2, 0.25) is 0 Å². The fourth-order valence-electron chi connectivity index (χ4n) is 2.80. The molecule has 2 N–H and O–H groups in total. The van der Waals surface area contributed by atoms with E-state index in [2.05, 4.69) is 34.6 Å². The van der Waals surface area contributed by atoms with Crippen molar-refractivity contribution in [2.45, 2.75) is 58.5 Å². The van der Waals surface area contributed by atoms with E-state index in [1.54, 1.807) is 0 Å². The predicted molar refractivity (Wildman–Crippen MR) is 109 cm³/mol. The maximum atomic E-state index is 12.4. The molecule has 2 heterocycles. The fourth-order valence-corrected chi connectivity index (χ4v) is 2.80. The van der Waals surface area contributed by atoms with E-state index in [1.807, 2.05) is 17.9 Å². The van der Waals surface area contributed by atoms with E-state index in [-0.39, 0.29) is 36.6 Å². The van der Waals surface area contributed by atoms with Crippen LogP contribution in [0.5, 0.6) is 0 Å². The van der Waals surface area contributed by atoms with Crippen molar-refractivity contribution in [1.82, 2.24) is 20.7 Å². The lowest BCUT2D eigenvalue weighted by molar-refractivity contribution is 0.0744. The Balaban J connectivity index is 0.00000338. The molecule has 1 saturated heterocycles. The molecule has 0 unspecified atom stereocenters. The molecule has 2 rings (SSSR count).